The summed E-state index contributed by atoms with van der Waals surface area (Å²) in [6, 6.07) is 3.39. The van der Waals surface area contributed by atoms with Crippen molar-refractivity contribution in [3.8, 4) is 0 Å². The predicted octanol–water partition coefficient (Wildman–Crippen LogP) is -0.256. The first-order valence-electron chi connectivity index (χ1n) is 4.41. The summed E-state index contributed by atoms with van der Waals surface area (Å²) in [5.74, 6) is 0.225. The second kappa shape index (κ2) is 2.63. The first-order chi connectivity index (χ1) is 7.25. The summed E-state index contributed by atoms with van der Waals surface area (Å²) < 4.78 is 1.29. The standard InChI is InChI=1S/C9H6N4O2/c14-6-4-13-8(12-6)7-5(11-9(13)15)2-1-3-10-7/h1-3H,4H2,(H,12,14). The Hall–Kier alpha value is -2.24. The van der Waals surface area contributed by atoms with Gasteiger partial charge in [0.1, 0.15) is 17.9 Å². The normalized spacial score (nSPS) is 14.0. The van der Waals surface area contributed by atoms with Gasteiger partial charge in [0.25, 0.3) is 0 Å². The molecule has 3 heterocycles. The van der Waals surface area contributed by atoms with Gasteiger partial charge in [0, 0.05) is 6.20 Å². The van der Waals surface area contributed by atoms with Crippen LogP contribution >= 0.6 is 0 Å². The maximum absolute atomic E-state index is 11.5. The molecule has 0 fully saturated rings. The van der Waals surface area contributed by atoms with E-state index < -0.39 is 5.69 Å². The van der Waals surface area contributed by atoms with Crippen molar-refractivity contribution in [1.82, 2.24) is 14.5 Å². The molecule has 0 spiro atoms. The van der Waals surface area contributed by atoms with E-state index in [0.29, 0.717) is 16.9 Å². The lowest BCUT2D eigenvalue weighted by Gasteiger charge is -2.02. The molecule has 74 valence electrons. The van der Waals surface area contributed by atoms with Crippen LogP contribution in [0.1, 0.15) is 0 Å². The monoisotopic (exact) mass is 202 g/mol. The Morgan fingerprint density at radius 2 is 2.27 bits per heavy atom. The molecule has 0 saturated heterocycles. The van der Waals surface area contributed by atoms with Crippen LogP contribution in [0.2, 0.25) is 0 Å². The van der Waals surface area contributed by atoms with Gasteiger partial charge in [0.2, 0.25) is 5.91 Å². The fourth-order valence-corrected chi connectivity index (χ4v) is 1.64. The highest BCUT2D eigenvalue weighted by molar-refractivity contribution is 6.00. The van der Waals surface area contributed by atoms with Crippen molar-refractivity contribution in [2.75, 3.05) is 5.32 Å². The average Bonchev–Trinajstić information content (AvgIpc) is 2.61. The van der Waals surface area contributed by atoms with E-state index in [4.69, 9.17) is 0 Å². The van der Waals surface area contributed by atoms with Crippen molar-refractivity contribution >= 4 is 22.8 Å². The molecule has 15 heavy (non-hydrogen) atoms. The maximum Gasteiger partial charge on any atom is 0.350 e. The van der Waals surface area contributed by atoms with E-state index in [2.05, 4.69) is 15.3 Å². The number of nitrogens with zero attached hydrogens (tertiary/aromatic N) is 3. The number of anilines is 1. The third-order valence-corrected chi connectivity index (χ3v) is 2.29. The van der Waals surface area contributed by atoms with E-state index in [1.807, 2.05) is 0 Å². The number of rotatable bonds is 0. The van der Waals surface area contributed by atoms with Gasteiger partial charge in [-0.2, -0.15) is 4.98 Å². The van der Waals surface area contributed by atoms with Crippen molar-refractivity contribution < 1.29 is 4.79 Å². The van der Waals surface area contributed by atoms with Crippen LogP contribution in [0.4, 0.5) is 5.82 Å². The summed E-state index contributed by atoms with van der Waals surface area (Å²) in [4.78, 5) is 30.6. The van der Waals surface area contributed by atoms with Crippen molar-refractivity contribution in [3.63, 3.8) is 0 Å². The molecule has 0 radical (unpaired) electrons. The quantitative estimate of drug-likeness (QED) is 0.638. The summed E-state index contributed by atoms with van der Waals surface area (Å²) in [7, 11) is 0. The Morgan fingerprint density at radius 1 is 1.40 bits per heavy atom. The van der Waals surface area contributed by atoms with Crippen molar-refractivity contribution in [3.05, 3.63) is 28.8 Å². The first-order valence-corrected chi connectivity index (χ1v) is 4.41. The Kier molecular flexibility index (Phi) is 1.42. The number of pyridine rings is 1. The predicted molar refractivity (Wildman–Crippen MR) is 52.4 cm³/mol. The lowest BCUT2D eigenvalue weighted by atomic mass is 10.3. The zero-order chi connectivity index (χ0) is 10.4. The number of aromatic nitrogens is 3. The second-order valence-corrected chi connectivity index (χ2v) is 3.25. The van der Waals surface area contributed by atoms with Crippen LogP contribution < -0.4 is 11.0 Å². The number of hydrogen-bond donors (Lipinski definition) is 1. The summed E-state index contributed by atoms with van der Waals surface area (Å²) in [6.07, 6.45) is 1.60. The first kappa shape index (κ1) is 8.10. The number of fused-ring (bicyclic) bond motifs is 3. The van der Waals surface area contributed by atoms with Crippen LogP contribution in [0.15, 0.2) is 23.1 Å². The summed E-state index contributed by atoms with van der Waals surface area (Å²) >= 11 is 0. The molecule has 1 aliphatic heterocycles. The lowest BCUT2D eigenvalue weighted by Crippen LogP contribution is -2.21. The van der Waals surface area contributed by atoms with Crippen molar-refractivity contribution in [2.45, 2.75) is 6.54 Å². The molecular weight excluding hydrogens is 196 g/mol. The highest BCUT2D eigenvalue weighted by Crippen LogP contribution is 2.20. The number of nitrogens with one attached hydrogen (secondary N) is 1. The fourth-order valence-electron chi connectivity index (χ4n) is 1.64. The molecule has 3 rings (SSSR count). The van der Waals surface area contributed by atoms with Crippen LogP contribution in [0.25, 0.3) is 11.0 Å². The topological polar surface area (TPSA) is 76.9 Å². The fraction of sp³-hybridized carbons (Fsp3) is 0.111. The Bertz CT molecular complexity index is 632. The van der Waals surface area contributed by atoms with Gasteiger partial charge in [-0.15, -0.1) is 0 Å². The van der Waals surface area contributed by atoms with E-state index in [0.717, 1.165) is 0 Å². The highest BCUT2D eigenvalue weighted by Gasteiger charge is 2.22. The molecule has 1 aliphatic rings. The van der Waals surface area contributed by atoms with Crippen LogP contribution in [-0.4, -0.2) is 20.4 Å². The van der Waals surface area contributed by atoms with Gasteiger partial charge in [-0.3, -0.25) is 14.3 Å². The Balaban J connectivity index is 2.48. The van der Waals surface area contributed by atoms with Gasteiger partial charge < -0.3 is 5.32 Å². The van der Waals surface area contributed by atoms with Gasteiger partial charge in [-0.25, -0.2) is 4.79 Å². The van der Waals surface area contributed by atoms with Gasteiger partial charge in [0.05, 0.1) is 5.52 Å². The maximum atomic E-state index is 11.5. The number of amides is 1. The minimum Gasteiger partial charge on any atom is -0.309 e. The van der Waals surface area contributed by atoms with E-state index in [9.17, 15) is 9.59 Å². The summed E-state index contributed by atoms with van der Waals surface area (Å²) in [5, 5.41) is 2.60. The molecule has 2 aromatic rings. The third kappa shape index (κ3) is 1.04. The zero-order valence-corrected chi connectivity index (χ0v) is 7.60. The SMILES string of the molecule is O=C1Cn2c(c3ncccc3nc2=O)N1. The van der Waals surface area contributed by atoms with Crippen molar-refractivity contribution in [1.29, 1.82) is 0 Å². The molecule has 6 heteroatoms. The van der Waals surface area contributed by atoms with Crippen LogP contribution in [0, 0.1) is 0 Å². The van der Waals surface area contributed by atoms with Gasteiger partial charge in [0.15, 0.2) is 0 Å². The average molecular weight is 202 g/mol. The molecule has 0 saturated carbocycles. The zero-order valence-electron chi connectivity index (χ0n) is 7.60. The summed E-state index contributed by atoms with van der Waals surface area (Å²) in [5.41, 5.74) is 0.614. The lowest BCUT2D eigenvalue weighted by molar-refractivity contribution is -0.115. The van der Waals surface area contributed by atoms with Gasteiger partial charge in [-0.05, 0) is 12.1 Å². The minimum atomic E-state index is -0.427. The van der Waals surface area contributed by atoms with E-state index in [1.165, 1.54) is 4.57 Å². The molecule has 2 aromatic heterocycles. The van der Waals surface area contributed by atoms with E-state index in [-0.39, 0.29) is 12.5 Å². The highest BCUT2D eigenvalue weighted by atomic mass is 16.2. The smallest absolute Gasteiger partial charge is 0.309 e. The molecule has 0 unspecified atom stereocenters. The molecule has 0 aliphatic carbocycles. The molecule has 0 atom stereocenters. The third-order valence-electron chi connectivity index (χ3n) is 2.29. The molecule has 0 aromatic carbocycles. The number of hydrogen-bond acceptors (Lipinski definition) is 4. The summed E-state index contributed by atoms with van der Waals surface area (Å²) in [6.45, 7) is 0.0215. The molecule has 1 N–H and O–H groups in total. The molecular formula is C9H6N4O2. The van der Waals surface area contributed by atoms with Crippen LogP contribution in [0.5, 0.6) is 0 Å². The Morgan fingerprint density at radius 3 is 3.13 bits per heavy atom. The van der Waals surface area contributed by atoms with E-state index in [1.54, 1.807) is 18.3 Å². The number of carbonyl (C=O) groups excluding carboxylic acids is 1. The minimum absolute atomic E-state index is 0.0215. The van der Waals surface area contributed by atoms with E-state index >= 15 is 0 Å². The Labute approximate surface area is 83.6 Å². The molecule has 0 bridgehead atoms. The van der Waals surface area contributed by atoms with Gasteiger partial charge in [-0.1, -0.05) is 0 Å². The van der Waals surface area contributed by atoms with Crippen molar-refractivity contribution in [2.24, 2.45) is 0 Å². The largest absolute Gasteiger partial charge is 0.350 e. The second-order valence-electron chi connectivity index (χ2n) is 3.25. The van der Waals surface area contributed by atoms with Gasteiger partial charge >= 0.3 is 5.69 Å². The van der Waals surface area contributed by atoms with Crippen LogP contribution in [0.3, 0.4) is 0 Å². The molecule has 6 nitrogen and oxygen atoms in total. The number of carbonyl (C=O) groups is 1. The van der Waals surface area contributed by atoms with Crippen LogP contribution in [-0.2, 0) is 11.3 Å². The molecule has 1 amide bonds.